The molecule has 1 aliphatic rings. The Morgan fingerprint density at radius 2 is 2.12 bits per heavy atom. The standard InChI is InChI=1S/C12H14N2OS/c1-9-8-10(6-7-16)14-12(13-9)15-11-4-2-3-5-11/h8,11,16H,2-5H2,1H3/p+1. The molecule has 1 fully saturated rings. The van der Waals surface area contributed by atoms with Gasteiger partial charge in [0.05, 0.1) is 0 Å². The fourth-order valence-electron chi connectivity index (χ4n) is 1.88. The lowest BCUT2D eigenvalue weighted by Gasteiger charge is -2.11. The molecule has 1 aromatic heterocycles. The van der Waals surface area contributed by atoms with E-state index in [4.69, 9.17) is 4.74 Å². The van der Waals surface area contributed by atoms with Crippen molar-refractivity contribution in [3.8, 4) is 17.2 Å². The summed E-state index contributed by atoms with van der Waals surface area (Å²) in [5.41, 5.74) is 1.57. The molecule has 3 nitrogen and oxygen atoms in total. The van der Waals surface area contributed by atoms with E-state index < -0.39 is 0 Å². The van der Waals surface area contributed by atoms with Crippen LogP contribution in [0.1, 0.15) is 37.1 Å². The second kappa shape index (κ2) is 5.22. The minimum Gasteiger partial charge on any atom is -0.460 e. The van der Waals surface area contributed by atoms with Gasteiger partial charge in [-0.15, -0.1) is 0 Å². The predicted molar refractivity (Wildman–Crippen MR) is 66.7 cm³/mol. The molecular formula is C12H15N2OS+. The van der Waals surface area contributed by atoms with Gasteiger partial charge in [0.15, 0.2) is 5.25 Å². The molecular weight excluding hydrogens is 220 g/mol. The summed E-state index contributed by atoms with van der Waals surface area (Å²) in [4.78, 5) is 8.51. The third-order valence-corrected chi connectivity index (χ3v) is 2.72. The van der Waals surface area contributed by atoms with Crippen LogP contribution in [0.5, 0.6) is 6.01 Å². The van der Waals surface area contributed by atoms with Crippen LogP contribution in [0, 0.1) is 18.1 Å². The summed E-state index contributed by atoms with van der Waals surface area (Å²) >= 11 is 3.11. The summed E-state index contributed by atoms with van der Waals surface area (Å²) in [5, 5.41) is 2.64. The number of hydrogen-bond donors (Lipinski definition) is 0. The van der Waals surface area contributed by atoms with Gasteiger partial charge in [0.1, 0.15) is 11.8 Å². The van der Waals surface area contributed by atoms with E-state index in [2.05, 4.69) is 33.8 Å². The van der Waals surface area contributed by atoms with E-state index in [9.17, 15) is 0 Å². The first-order valence-corrected chi connectivity index (χ1v) is 5.98. The molecule has 0 saturated heterocycles. The third kappa shape index (κ3) is 2.89. The Balaban J connectivity index is 2.15. The highest BCUT2D eigenvalue weighted by molar-refractivity contribution is 7.64. The highest BCUT2D eigenvalue weighted by atomic mass is 32.1. The summed E-state index contributed by atoms with van der Waals surface area (Å²) in [7, 11) is 0. The molecule has 0 bridgehead atoms. The van der Waals surface area contributed by atoms with Gasteiger partial charge in [-0.3, -0.25) is 0 Å². The number of rotatable bonds is 2. The molecule has 84 valence electrons. The van der Waals surface area contributed by atoms with E-state index in [1.165, 1.54) is 12.8 Å². The first kappa shape index (κ1) is 11.3. The molecule has 0 aromatic carbocycles. The predicted octanol–water partition coefficient (Wildman–Crippen LogP) is 1.43. The molecule has 0 spiro atoms. The van der Waals surface area contributed by atoms with Crippen LogP contribution in [-0.2, 0) is 12.6 Å². The Hall–Kier alpha value is -1.21. The van der Waals surface area contributed by atoms with E-state index >= 15 is 0 Å². The summed E-state index contributed by atoms with van der Waals surface area (Å²) < 4.78 is 5.74. The molecule has 2 rings (SSSR count). The SMILES string of the molecule is Cc1cc(C#C[SH2+])nc(OC2CCCC2)n1. The van der Waals surface area contributed by atoms with E-state index in [1.54, 1.807) is 0 Å². The Kier molecular flexibility index (Phi) is 3.68. The van der Waals surface area contributed by atoms with Gasteiger partial charge < -0.3 is 4.74 Å². The second-order valence-corrected chi connectivity index (χ2v) is 4.20. The van der Waals surface area contributed by atoms with Crippen LogP contribution in [0.2, 0.25) is 0 Å². The van der Waals surface area contributed by atoms with Gasteiger partial charge in [-0.1, -0.05) is 0 Å². The van der Waals surface area contributed by atoms with E-state index in [1.807, 2.05) is 13.0 Å². The zero-order valence-electron chi connectivity index (χ0n) is 9.29. The van der Waals surface area contributed by atoms with E-state index in [-0.39, 0.29) is 6.10 Å². The Morgan fingerprint density at radius 1 is 1.38 bits per heavy atom. The van der Waals surface area contributed by atoms with Crippen molar-refractivity contribution in [2.24, 2.45) is 0 Å². The first-order chi connectivity index (χ1) is 7.78. The molecule has 16 heavy (non-hydrogen) atoms. The normalized spacial score (nSPS) is 15.6. The molecule has 0 N–H and O–H groups in total. The van der Waals surface area contributed by atoms with Crippen LogP contribution in [0.4, 0.5) is 0 Å². The number of hydrogen-bond acceptors (Lipinski definition) is 3. The fraction of sp³-hybridized carbons (Fsp3) is 0.500. The van der Waals surface area contributed by atoms with Crippen molar-refractivity contribution in [3.05, 3.63) is 17.5 Å². The molecule has 1 aromatic rings. The molecule has 4 heteroatoms. The van der Waals surface area contributed by atoms with Crippen molar-refractivity contribution in [2.75, 3.05) is 0 Å². The number of nitrogens with zero attached hydrogens (tertiary/aromatic N) is 2. The smallest absolute Gasteiger partial charge is 0.318 e. The lowest BCUT2D eigenvalue weighted by molar-refractivity contribution is 0.191. The minimum atomic E-state index is 0.283. The topological polar surface area (TPSA) is 35.0 Å². The third-order valence-electron chi connectivity index (χ3n) is 2.60. The van der Waals surface area contributed by atoms with Gasteiger partial charge >= 0.3 is 6.01 Å². The monoisotopic (exact) mass is 235 g/mol. The van der Waals surface area contributed by atoms with Crippen molar-refractivity contribution in [1.82, 2.24) is 9.97 Å². The Bertz CT molecular complexity index is 430. The highest BCUT2D eigenvalue weighted by Crippen LogP contribution is 2.22. The van der Waals surface area contributed by atoms with Crippen molar-refractivity contribution in [3.63, 3.8) is 0 Å². The highest BCUT2D eigenvalue weighted by Gasteiger charge is 2.17. The molecule has 1 aliphatic carbocycles. The maximum absolute atomic E-state index is 5.74. The second-order valence-electron chi connectivity index (χ2n) is 3.95. The van der Waals surface area contributed by atoms with Gasteiger partial charge in [-0.25, -0.2) is 4.98 Å². The maximum atomic E-state index is 5.74. The zero-order valence-corrected chi connectivity index (χ0v) is 10.3. The molecule has 0 amide bonds. The molecule has 0 unspecified atom stereocenters. The van der Waals surface area contributed by atoms with Gasteiger partial charge in [0, 0.05) is 24.2 Å². The van der Waals surface area contributed by atoms with Gasteiger partial charge in [-0.2, -0.15) is 4.98 Å². The van der Waals surface area contributed by atoms with Gasteiger partial charge in [-0.05, 0) is 38.7 Å². The van der Waals surface area contributed by atoms with Crippen molar-refractivity contribution in [1.29, 1.82) is 0 Å². The van der Waals surface area contributed by atoms with Crippen molar-refractivity contribution in [2.45, 2.75) is 38.7 Å². The van der Waals surface area contributed by atoms with Gasteiger partial charge in [0.25, 0.3) is 0 Å². The van der Waals surface area contributed by atoms with E-state index in [0.717, 1.165) is 18.5 Å². The number of ether oxygens (including phenoxy) is 1. The largest absolute Gasteiger partial charge is 0.460 e. The minimum absolute atomic E-state index is 0.283. The van der Waals surface area contributed by atoms with Crippen LogP contribution in [0.15, 0.2) is 6.07 Å². The Morgan fingerprint density at radius 3 is 2.81 bits per heavy atom. The summed E-state index contributed by atoms with van der Waals surface area (Å²) in [6.07, 6.45) is 4.98. The maximum Gasteiger partial charge on any atom is 0.318 e. The molecule has 0 atom stereocenters. The lowest BCUT2D eigenvalue weighted by Crippen LogP contribution is -2.13. The first-order valence-electron chi connectivity index (χ1n) is 5.48. The molecule has 0 radical (unpaired) electrons. The summed E-state index contributed by atoms with van der Waals surface area (Å²) in [5.74, 6) is 2.85. The van der Waals surface area contributed by atoms with Crippen LogP contribution in [0.3, 0.4) is 0 Å². The lowest BCUT2D eigenvalue weighted by atomic mass is 10.3. The number of aryl methyl sites for hydroxylation is 1. The van der Waals surface area contributed by atoms with E-state index in [0.29, 0.717) is 11.7 Å². The zero-order chi connectivity index (χ0) is 11.4. The molecule has 0 aliphatic heterocycles. The molecule has 1 heterocycles. The van der Waals surface area contributed by atoms with Crippen LogP contribution >= 0.6 is 0 Å². The van der Waals surface area contributed by atoms with Crippen LogP contribution in [0.25, 0.3) is 0 Å². The fourth-order valence-corrected chi connectivity index (χ4v) is 2.01. The summed E-state index contributed by atoms with van der Waals surface area (Å²) in [6.45, 7) is 1.92. The summed E-state index contributed by atoms with van der Waals surface area (Å²) in [6, 6.07) is 2.30. The average Bonchev–Trinajstić information content (AvgIpc) is 2.70. The Labute approximate surface area is 101 Å². The van der Waals surface area contributed by atoms with Crippen molar-refractivity contribution >= 4 is 12.6 Å². The van der Waals surface area contributed by atoms with Gasteiger partial charge in [0.2, 0.25) is 0 Å². The van der Waals surface area contributed by atoms with Crippen LogP contribution < -0.4 is 4.74 Å². The molecule has 1 saturated carbocycles. The van der Waals surface area contributed by atoms with Crippen molar-refractivity contribution < 1.29 is 4.74 Å². The average molecular weight is 235 g/mol. The quantitative estimate of drug-likeness (QED) is 0.574. The number of aromatic nitrogens is 2. The van der Waals surface area contributed by atoms with Crippen LogP contribution in [-0.4, -0.2) is 16.1 Å².